The normalized spacial score (nSPS) is 12.3. The zero-order chi connectivity index (χ0) is 15.6. The SMILES string of the molecule is COc1cc(Cl)c(C(O)Cc2ccc(C)c(C)c2)cc1Cl. The summed E-state index contributed by atoms with van der Waals surface area (Å²) in [4.78, 5) is 0. The Bertz CT molecular complexity index is 653. The number of ether oxygens (including phenoxy) is 1. The maximum atomic E-state index is 10.4. The first-order valence-corrected chi connectivity index (χ1v) is 7.45. The Morgan fingerprint density at radius 1 is 1.05 bits per heavy atom. The van der Waals surface area contributed by atoms with Gasteiger partial charge in [0.05, 0.1) is 23.3 Å². The molecular weight excluding hydrogens is 307 g/mol. The van der Waals surface area contributed by atoms with Crippen molar-refractivity contribution >= 4 is 23.2 Å². The van der Waals surface area contributed by atoms with Crippen LogP contribution < -0.4 is 4.74 Å². The van der Waals surface area contributed by atoms with E-state index in [0.717, 1.165) is 5.56 Å². The molecule has 4 heteroatoms. The van der Waals surface area contributed by atoms with Gasteiger partial charge in [-0.25, -0.2) is 0 Å². The van der Waals surface area contributed by atoms with E-state index in [1.165, 1.54) is 18.2 Å². The summed E-state index contributed by atoms with van der Waals surface area (Å²) < 4.78 is 5.11. The predicted octanol–water partition coefficient (Wildman–Crippen LogP) is 4.89. The summed E-state index contributed by atoms with van der Waals surface area (Å²) >= 11 is 12.3. The maximum Gasteiger partial charge on any atom is 0.138 e. The Kier molecular flexibility index (Phi) is 5.15. The number of benzene rings is 2. The lowest BCUT2D eigenvalue weighted by Crippen LogP contribution is -2.04. The number of hydrogen-bond acceptors (Lipinski definition) is 2. The minimum atomic E-state index is -0.706. The van der Waals surface area contributed by atoms with E-state index in [9.17, 15) is 5.11 Å². The van der Waals surface area contributed by atoms with E-state index in [4.69, 9.17) is 27.9 Å². The fraction of sp³-hybridized carbons (Fsp3) is 0.294. The summed E-state index contributed by atoms with van der Waals surface area (Å²) in [5.74, 6) is 0.504. The van der Waals surface area contributed by atoms with Crippen molar-refractivity contribution in [2.24, 2.45) is 0 Å². The molecule has 112 valence electrons. The standard InChI is InChI=1S/C17H18Cl2O2/c1-10-4-5-12(6-11(10)2)7-16(20)13-8-15(19)17(21-3)9-14(13)18/h4-6,8-9,16,20H,7H2,1-3H3. The van der Waals surface area contributed by atoms with Gasteiger partial charge in [0.1, 0.15) is 5.75 Å². The lowest BCUT2D eigenvalue weighted by Gasteiger charge is -2.15. The fourth-order valence-electron chi connectivity index (χ4n) is 2.22. The summed E-state index contributed by atoms with van der Waals surface area (Å²) in [7, 11) is 1.53. The Morgan fingerprint density at radius 3 is 2.38 bits per heavy atom. The molecule has 0 aliphatic rings. The second kappa shape index (κ2) is 6.69. The van der Waals surface area contributed by atoms with Crippen LogP contribution in [0.5, 0.6) is 5.75 Å². The van der Waals surface area contributed by atoms with Gasteiger partial charge in [-0.05, 0) is 36.6 Å². The molecule has 0 radical (unpaired) electrons. The molecule has 1 unspecified atom stereocenters. The number of aryl methyl sites for hydroxylation is 2. The van der Waals surface area contributed by atoms with Gasteiger partial charge in [0.25, 0.3) is 0 Å². The topological polar surface area (TPSA) is 29.5 Å². The van der Waals surface area contributed by atoms with E-state index in [-0.39, 0.29) is 0 Å². The lowest BCUT2D eigenvalue weighted by atomic mass is 9.98. The molecule has 2 aromatic rings. The van der Waals surface area contributed by atoms with Gasteiger partial charge in [0, 0.05) is 18.1 Å². The lowest BCUT2D eigenvalue weighted by molar-refractivity contribution is 0.178. The number of aliphatic hydroxyl groups is 1. The van der Waals surface area contributed by atoms with Crippen LogP contribution in [0.1, 0.15) is 28.4 Å². The molecule has 21 heavy (non-hydrogen) atoms. The fourth-order valence-corrected chi connectivity index (χ4v) is 2.75. The van der Waals surface area contributed by atoms with Crippen LogP contribution in [0.25, 0.3) is 0 Å². The molecule has 0 amide bonds. The van der Waals surface area contributed by atoms with Crippen molar-refractivity contribution in [3.05, 3.63) is 62.6 Å². The Labute approximate surface area is 135 Å². The summed E-state index contributed by atoms with van der Waals surface area (Å²) in [5, 5.41) is 11.3. The largest absolute Gasteiger partial charge is 0.495 e. The maximum absolute atomic E-state index is 10.4. The highest BCUT2D eigenvalue weighted by Crippen LogP contribution is 2.35. The molecule has 2 rings (SSSR count). The average Bonchev–Trinajstić information content (AvgIpc) is 2.44. The van der Waals surface area contributed by atoms with Gasteiger partial charge in [0.2, 0.25) is 0 Å². The van der Waals surface area contributed by atoms with E-state index < -0.39 is 6.10 Å². The van der Waals surface area contributed by atoms with E-state index in [1.54, 1.807) is 12.1 Å². The van der Waals surface area contributed by atoms with Gasteiger partial charge in [-0.3, -0.25) is 0 Å². The van der Waals surface area contributed by atoms with Gasteiger partial charge in [-0.15, -0.1) is 0 Å². The van der Waals surface area contributed by atoms with E-state index in [0.29, 0.717) is 27.8 Å². The van der Waals surface area contributed by atoms with Crippen molar-refractivity contribution in [1.82, 2.24) is 0 Å². The molecule has 1 atom stereocenters. The third kappa shape index (κ3) is 3.70. The molecule has 2 aromatic carbocycles. The van der Waals surface area contributed by atoms with Crippen molar-refractivity contribution < 1.29 is 9.84 Å². The third-order valence-electron chi connectivity index (χ3n) is 3.63. The van der Waals surface area contributed by atoms with E-state index in [1.807, 2.05) is 6.07 Å². The average molecular weight is 325 g/mol. The molecule has 0 bridgehead atoms. The van der Waals surface area contributed by atoms with Crippen LogP contribution in [0.3, 0.4) is 0 Å². The van der Waals surface area contributed by atoms with Crippen LogP contribution in [-0.4, -0.2) is 12.2 Å². The second-order valence-corrected chi connectivity index (χ2v) is 5.96. The molecule has 2 nitrogen and oxygen atoms in total. The van der Waals surface area contributed by atoms with Crippen molar-refractivity contribution in [1.29, 1.82) is 0 Å². The molecule has 0 saturated heterocycles. The molecule has 0 fully saturated rings. The molecule has 1 N–H and O–H groups in total. The molecule has 0 saturated carbocycles. The number of rotatable bonds is 4. The Morgan fingerprint density at radius 2 is 1.76 bits per heavy atom. The van der Waals surface area contributed by atoms with Crippen LogP contribution >= 0.6 is 23.2 Å². The van der Waals surface area contributed by atoms with E-state index >= 15 is 0 Å². The highest BCUT2D eigenvalue weighted by Gasteiger charge is 2.16. The zero-order valence-electron chi connectivity index (χ0n) is 12.3. The molecule has 0 aliphatic carbocycles. The second-order valence-electron chi connectivity index (χ2n) is 5.15. The molecular formula is C17H18Cl2O2. The first-order valence-electron chi connectivity index (χ1n) is 6.69. The minimum absolute atomic E-state index is 0.441. The van der Waals surface area contributed by atoms with Gasteiger partial charge >= 0.3 is 0 Å². The highest BCUT2D eigenvalue weighted by atomic mass is 35.5. The predicted molar refractivity (Wildman–Crippen MR) is 87.6 cm³/mol. The number of halogens is 2. The number of aliphatic hydroxyl groups excluding tert-OH is 1. The summed E-state index contributed by atoms with van der Waals surface area (Å²) in [6.07, 6.45) is -0.216. The molecule has 0 aliphatic heterocycles. The smallest absolute Gasteiger partial charge is 0.138 e. The van der Waals surface area contributed by atoms with Crippen molar-refractivity contribution in [3.8, 4) is 5.75 Å². The quantitative estimate of drug-likeness (QED) is 0.867. The van der Waals surface area contributed by atoms with Gasteiger partial charge in [-0.1, -0.05) is 41.4 Å². The molecule has 0 spiro atoms. The minimum Gasteiger partial charge on any atom is -0.495 e. The van der Waals surface area contributed by atoms with Crippen LogP contribution in [0.4, 0.5) is 0 Å². The van der Waals surface area contributed by atoms with Gasteiger partial charge < -0.3 is 9.84 Å². The van der Waals surface area contributed by atoms with Crippen molar-refractivity contribution in [3.63, 3.8) is 0 Å². The monoisotopic (exact) mass is 324 g/mol. The zero-order valence-corrected chi connectivity index (χ0v) is 13.8. The summed E-state index contributed by atoms with van der Waals surface area (Å²) in [6, 6.07) is 9.44. The van der Waals surface area contributed by atoms with Crippen molar-refractivity contribution in [2.45, 2.75) is 26.4 Å². The molecule has 0 aromatic heterocycles. The highest BCUT2D eigenvalue weighted by molar-refractivity contribution is 6.34. The Balaban J connectivity index is 2.25. The first-order chi connectivity index (χ1) is 9.92. The summed E-state index contributed by atoms with van der Waals surface area (Å²) in [5.41, 5.74) is 4.12. The first kappa shape index (κ1) is 16.2. The van der Waals surface area contributed by atoms with Crippen LogP contribution in [0.15, 0.2) is 30.3 Å². The van der Waals surface area contributed by atoms with Gasteiger partial charge in [-0.2, -0.15) is 0 Å². The van der Waals surface area contributed by atoms with Crippen molar-refractivity contribution in [2.75, 3.05) is 7.11 Å². The molecule has 0 heterocycles. The van der Waals surface area contributed by atoms with Crippen LogP contribution in [-0.2, 0) is 6.42 Å². The number of hydrogen-bond donors (Lipinski definition) is 1. The summed E-state index contributed by atoms with van der Waals surface area (Å²) in [6.45, 7) is 4.12. The number of methoxy groups -OCH3 is 1. The third-order valence-corrected chi connectivity index (χ3v) is 4.25. The van der Waals surface area contributed by atoms with E-state index in [2.05, 4.69) is 26.0 Å². The van der Waals surface area contributed by atoms with Gasteiger partial charge in [0.15, 0.2) is 0 Å². The van der Waals surface area contributed by atoms with Crippen LogP contribution in [0, 0.1) is 13.8 Å². The van der Waals surface area contributed by atoms with Crippen LogP contribution in [0.2, 0.25) is 10.0 Å². The Hall–Kier alpha value is -1.22.